The lowest BCUT2D eigenvalue weighted by Crippen LogP contribution is -2.48. The molecule has 0 heterocycles. The van der Waals surface area contributed by atoms with Crippen LogP contribution in [0.1, 0.15) is 45.2 Å². The van der Waals surface area contributed by atoms with Gasteiger partial charge in [-0.1, -0.05) is 55.0 Å². The molecule has 0 aromatic heterocycles. The van der Waals surface area contributed by atoms with E-state index >= 15 is 0 Å². The average molecular weight is 478 g/mol. The largest absolute Gasteiger partial charge is 0.444 e. The molecule has 2 aromatic rings. The number of hydrogen-bond acceptors (Lipinski definition) is 6. The van der Waals surface area contributed by atoms with Gasteiger partial charge in [0.1, 0.15) is 5.60 Å². The Morgan fingerprint density at radius 3 is 2.24 bits per heavy atom. The Morgan fingerprint density at radius 1 is 1.06 bits per heavy atom. The average Bonchev–Trinajstić information content (AvgIpc) is 2.71. The molecule has 3 atom stereocenters. The van der Waals surface area contributed by atoms with E-state index in [1.165, 1.54) is 12.1 Å². The van der Waals surface area contributed by atoms with Crippen molar-refractivity contribution in [3.05, 3.63) is 65.7 Å². The molecular formula is C25H35NO6S. The highest BCUT2D eigenvalue weighted by atomic mass is 32.2. The summed E-state index contributed by atoms with van der Waals surface area (Å²) in [6.45, 7) is 8.60. The zero-order chi connectivity index (χ0) is 24.6. The molecule has 0 saturated carbocycles. The summed E-state index contributed by atoms with van der Waals surface area (Å²) in [5, 5.41) is 13.5. The second kappa shape index (κ2) is 11.6. The Hall–Kier alpha value is -2.42. The van der Waals surface area contributed by atoms with Crippen LogP contribution in [-0.2, 0) is 25.5 Å². The maximum atomic E-state index is 12.5. The minimum atomic E-state index is -4.04. The fraction of sp³-hybridized carbons (Fsp3) is 0.480. The number of rotatable bonds is 10. The lowest BCUT2D eigenvalue weighted by Gasteiger charge is -2.28. The maximum absolute atomic E-state index is 12.5. The molecule has 8 heteroatoms. The summed E-state index contributed by atoms with van der Waals surface area (Å²) in [7, 11) is -4.04. The molecule has 2 rings (SSSR count). The van der Waals surface area contributed by atoms with E-state index < -0.39 is 40.6 Å². The number of benzene rings is 2. The lowest BCUT2D eigenvalue weighted by molar-refractivity contribution is 0.0322. The second-order valence-corrected chi connectivity index (χ2v) is 11.0. The molecule has 2 N–H and O–H groups in total. The van der Waals surface area contributed by atoms with Gasteiger partial charge in [-0.25, -0.2) is 4.79 Å². The number of aliphatic hydroxyl groups excluding tert-OH is 1. The molecule has 0 spiro atoms. The van der Waals surface area contributed by atoms with Crippen molar-refractivity contribution in [2.75, 3.05) is 6.61 Å². The van der Waals surface area contributed by atoms with Gasteiger partial charge in [-0.2, -0.15) is 8.42 Å². The summed E-state index contributed by atoms with van der Waals surface area (Å²) in [5.74, 6) is 0.0932. The summed E-state index contributed by atoms with van der Waals surface area (Å²) in [6.07, 6.45) is -0.790. The monoisotopic (exact) mass is 477 g/mol. The van der Waals surface area contributed by atoms with Crippen molar-refractivity contribution < 1.29 is 27.2 Å². The fourth-order valence-electron chi connectivity index (χ4n) is 3.35. The third kappa shape index (κ3) is 9.53. The summed E-state index contributed by atoms with van der Waals surface area (Å²) in [5.41, 5.74) is 1.34. The first-order valence-corrected chi connectivity index (χ1v) is 12.4. The zero-order valence-electron chi connectivity index (χ0n) is 19.9. The minimum Gasteiger partial charge on any atom is -0.444 e. The van der Waals surface area contributed by atoms with Crippen LogP contribution in [0.5, 0.6) is 0 Å². The van der Waals surface area contributed by atoms with Crippen LogP contribution in [0, 0.1) is 12.8 Å². The highest BCUT2D eigenvalue weighted by molar-refractivity contribution is 7.86. The van der Waals surface area contributed by atoms with Gasteiger partial charge >= 0.3 is 6.09 Å². The van der Waals surface area contributed by atoms with Crippen LogP contribution in [0.2, 0.25) is 0 Å². The molecule has 1 amide bonds. The molecule has 33 heavy (non-hydrogen) atoms. The van der Waals surface area contributed by atoms with Gasteiger partial charge in [0.25, 0.3) is 10.1 Å². The highest BCUT2D eigenvalue weighted by Crippen LogP contribution is 2.19. The van der Waals surface area contributed by atoms with Crippen LogP contribution in [0.4, 0.5) is 4.79 Å². The molecule has 0 bridgehead atoms. The Morgan fingerprint density at radius 2 is 1.67 bits per heavy atom. The first-order valence-electron chi connectivity index (χ1n) is 11.0. The zero-order valence-corrected chi connectivity index (χ0v) is 20.8. The Bertz CT molecular complexity index is 984. The van der Waals surface area contributed by atoms with E-state index in [4.69, 9.17) is 8.92 Å². The molecule has 0 aliphatic heterocycles. The van der Waals surface area contributed by atoms with E-state index in [1.54, 1.807) is 32.9 Å². The molecule has 0 aliphatic carbocycles. The summed E-state index contributed by atoms with van der Waals surface area (Å²) in [4.78, 5) is 12.4. The molecule has 7 nitrogen and oxygen atoms in total. The van der Waals surface area contributed by atoms with Crippen LogP contribution >= 0.6 is 0 Å². The van der Waals surface area contributed by atoms with E-state index in [0.29, 0.717) is 6.42 Å². The number of ether oxygens (including phenoxy) is 1. The van der Waals surface area contributed by atoms with Crippen molar-refractivity contribution in [3.63, 3.8) is 0 Å². The van der Waals surface area contributed by atoms with E-state index in [9.17, 15) is 18.3 Å². The van der Waals surface area contributed by atoms with Crippen LogP contribution in [0.25, 0.3) is 0 Å². The van der Waals surface area contributed by atoms with Gasteiger partial charge in [-0.05, 0) is 64.2 Å². The van der Waals surface area contributed by atoms with Crippen LogP contribution < -0.4 is 5.32 Å². The smallest absolute Gasteiger partial charge is 0.407 e. The topological polar surface area (TPSA) is 102 Å². The van der Waals surface area contributed by atoms with Crippen molar-refractivity contribution in [2.24, 2.45) is 5.92 Å². The number of alkyl carbamates (subject to hydrolysis) is 1. The third-order valence-corrected chi connectivity index (χ3v) is 6.25. The highest BCUT2D eigenvalue weighted by Gasteiger charge is 2.28. The van der Waals surface area contributed by atoms with Crippen LogP contribution in [-0.4, -0.2) is 44.0 Å². The van der Waals surface area contributed by atoms with Crippen molar-refractivity contribution in [3.8, 4) is 0 Å². The predicted molar refractivity (Wildman–Crippen MR) is 127 cm³/mol. The molecule has 182 valence electrons. The summed E-state index contributed by atoms with van der Waals surface area (Å²) < 4.78 is 35.4. The Kier molecular flexibility index (Phi) is 9.46. The van der Waals surface area contributed by atoms with Gasteiger partial charge in [0.05, 0.1) is 23.6 Å². The molecular weight excluding hydrogens is 442 g/mol. The lowest BCUT2D eigenvalue weighted by atomic mass is 9.92. The number of carbonyl (C=O) groups is 1. The molecule has 2 aromatic carbocycles. The fourth-order valence-corrected chi connectivity index (χ4v) is 4.28. The molecule has 0 fully saturated rings. The van der Waals surface area contributed by atoms with Crippen molar-refractivity contribution in [2.45, 2.75) is 70.1 Å². The Labute approximate surface area is 197 Å². The first kappa shape index (κ1) is 26.8. The quantitative estimate of drug-likeness (QED) is 0.497. The van der Waals surface area contributed by atoms with Gasteiger partial charge in [0.15, 0.2) is 0 Å². The number of amides is 1. The van der Waals surface area contributed by atoms with Crippen molar-refractivity contribution in [1.82, 2.24) is 5.32 Å². The van der Waals surface area contributed by atoms with E-state index in [0.717, 1.165) is 17.5 Å². The molecule has 1 unspecified atom stereocenters. The first-order chi connectivity index (χ1) is 15.4. The summed E-state index contributed by atoms with van der Waals surface area (Å²) >= 11 is 0. The van der Waals surface area contributed by atoms with E-state index in [2.05, 4.69) is 5.32 Å². The van der Waals surface area contributed by atoms with Gasteiger partial charge in [-0.15, -0.1) is 0 Å². The summed E-state index contributed by atoms with van der Waals surface area (Å²) in [6, 6.07) is 15.4. The number of carbonyl (C=O) groups excluding carboxylic acids is 1. The minimum absolute atomic E-state index is 0.00870. The van der Waals surface area contributed by atoms with Gasteiger partial charge in [0.2, 0.25) is 0 Å². The van der Waals surface area contributed by atoms with Crippen LogP contribution in [0.15, 0.2) is 59.5 Å². The molecule has 0 saturated heterocycles. The Balaban J connectivity index is 2.08. The van der Waals surface area contributed by atoms with Crippen LogP contribution in [0.3, 0.4) is 0 Å². The predicted octanol–water partition coefficient (Wildman–Crippen LogP) is 4.22. The normalized spacial score (nSPS) is 14.8. The van der Waals surface area contributed by atoms with Gasteiger partial charge in [0, 0.05) is 0 Å². The van der Waals surface area contributed by atoms with E-state index in [1.807, 2.05) is 44.2 Å². The number of nitrogens with one attached hydrogen (secondary N) is 1. The number of aryl methyl sites for hydroxylation is 1. The van der Waals surface area contributed by atoms with Gasteiger partial charge < -0.3 is 15.2 Å². The molecule has 0 aliphatic rings. The number of aliphatic hydroxyl groups is 1. The van der Waals surface area contributed by atoms with Crippen molar-refractivity contribution >= 4 is 16.2 Å². The van der Waals surface area contributed by atoms with Crippen molar-refractivity contribution in [1.29, 1.82) is 0 Å². The SMILES string of the molecule is Cc1ccc(S(=O)(=O)OC[C@@H](O)[C@H](CC(C)Cc2ccccc2)NC(=O)OC(C)(C)C)cc1. The maximum Gasteiger partial charge on any atom is 0.407 e. The number of hydrogen-bond donors (Lipinski definition) is 2. The second-order valence-electron chi connectivity index (χ2n) is 9.40. The molecule has 0 radical (unpaired) electrons. The third-order valence-electron chi connectivity index (χ3n) is 4.95. The van der Waals surface area contributed by atoms with E-state index in [-0.39, 0.29) is 10.8 Å². The van der Waals surface area contributed by atoms with Gasteiger partial charge in [-0.3, -0.25) is 4.18 Å². The standard InChI is InChI=1S/C25H35NO6S/c1-18-11-13-21(14-12-18)33(29,30)31-17-23(27)22(26-24(28)32-25(3,4)5)16-19(2)15-20-9-7-6-8-10-20/h6-14,19,22-23,27H,15-17H2,1-5H3,(H,26,28)/t19?,22-,23+/m0/s1.